The summed E-state index contributed by atoms with van der Waals surface area (Å²) in [5, 5.41) is 3.50. The second kappa shape index (κ2) is 5.74. The van der Waals surface area contributed by atoms with Crippen LogP contribution in [0.15, 0.2) is 22.7 Å². The van der Waals surface area contributed by atoms with Gasteiger partial charge in [0, 0.05) is 28.4 Å². The molecule has 0 radical (unpaired) electrons. The Labute approximate surface area is 111 Å². The van der Waals surface area contributed by atoms with E-state index in [4.69, 9.17) is 5.73 Å². The highest BCUT2D eigenvalue weighted by atomic mass is 79.9. The molecule has 1 aromatic carbocycles. The topological polar surface area (TPSA) is 41.3 Å². The molecule has 1 aliphatic rings. The van der Waals surface area contributed by atoms with Crippen LogP contribution < -0.4 is 11.1 Å². The van der Waals surface area contributed by atoms with Crippen molar-refractivity contribution >= 4 is 27.3 Å². The lowest BCUT2D eigenvalue weighted by Gasteiger charge is -2.32. The molecule has 0 saturated carbocycles. The van der Waals surface area contributed by atoms with Gasteiger partial charge >= 0.3 is 0 Å². The number of anilines is 2. The lowest BCUT2D eigenvalue weighted by atomic mass is 10.0. The van der Waals surface area contributed by atoms with E-state index in [2.05, 4.69) is 33.2 Å². The Morgan fingerprint density at radius 2 is 2.29 bits per heavy atom. The average molecular weight is 298 g/mol. The van der Waals surface area contributed by atoms with Crippen LogP contribution in [0.25, 0.3) is 0 Å². The Bertz CT molecular complexity index is 381. The summed E-state index contributed by atoms with van der Waals surface area (Å²) in [6, 6.07) is 6.54. The van der Waals surface area contributed by atoms with Crippen LogP contribution in [0.2, 0.25) is 0 Å². The number of nitrogens with one attached hydrogen (secondary N) is 1. The molecule has 0 aromatic heterocycles. The third-order valence-electron chi connectivity index (χ3n) is 3.44. The number of likely N-dealkylation sites (tertiary alicyclic amines) is 1. The van der Waals surface area contributed by atoms with E-state index in [9.17, 15) is 0 Å². The van der Waals surface area contributed by atoms with Crippen LogP contribution in [0.5, 0.6) is 0 Å². The van der Waals surface area contributed by atoms with Crippen molar-refractivity contribution < 1.29 is 0 Å². The maximum absolute atomic E-state index is 5.72. The molecule has 4 heteroatoms. The van der Waals surface area contributed by atoms with Gasteiger partial charge in [0.05, 0.1) is 0 Å². The summed E-state index contributed by atoms with van der Waals surface area (Å²) in [5.74, 6) is 0. The highest BCUT2D eigenvalue weighted by Crippen LogP contribution is 2.25. The molecule has 1 atom stereocenters. The molecule has 0 bridgehead atoms. The zero-order valence-corrected chi connectivity index (χ0v) is 11.8. The van der Waals surface area contributed by atoms with Crippen molar-refractivity contribution in [1.29, 1.82) is 0 Å². The molecule has 17 heavy (non-hydrogen) atoms. The molecule has 0 amide bonds. The molecule has 3 nitrogen and oxygen atoms in total. The lowest BCUT2D eigenvalue weighted by molar-refractivity contribution is 0.194. The van der Waals surface area contributed by atoms with Gasteiger partial charge in [0.15, 0.2) is 0 Å². The molecule has 94 valence electrons. The predicted molar refractivity (Wildman–Crippen MR) is 77.3 cm³/mol. The fourth-order valence-electron chi connectivity index (χ4n) is 2.30. The second-order valence-electron chi connectivity index (χ2n) is 4.75. The van der Waals surface area contributed by atoms with Crippen LogP contribution in [0.3, 0.4) is 0 Å². The SMILES string of the molecule is CN1CCCCC1CNc1ccc(N)cc1Br. The Balaban J connectivity index is 1.92. The van der Waals surface area contributed by atoms with Crippen LogP contribution in [0.4, 0.5) is 11.4 Å². The number of nitrogens with two attached hydrogens (primary N) is 1. The average Bonchev–Trinajstić information content (AvgIpc) is 2.30. The summed E-state index contributed by atoms with van der Waals surface area (Å²) in [6.45, 7) is 2.22. The molecule has 3 N–H and O–H groups in total. The van der Waals surface area contributed by atoms with Crippen LogP contribution in [-0.4, -0.2) is 31.1 Å². The fourth-order valence-corrected chi connectivity index (χ4v) is 2.84. The van der Waals surface area contributed by atoms with Crippen molar-refractivity contribution in [3.05, 3.63) is 22.7 Å². The standard InChI is InChI=1S/C13H20BrN3/c1-17-7-3-2-4-11(17)9-16-13-6-5-10(15)8-12(13)14/h5-6,8,11,16H,2-4,7,9,15H2,1H3. The van der Waals surface area contributed by atoms with Crippen LogP contribution in [0, 0.1) is 0 Å². The first-order valence-electron chi connectivity index (χ1n) is 6.16. The number of hydrogen-bond acceptors (Lipinski definition) is 3. The second-order valence-corrected chi connectivity index (χ2v) is 5.60. The number of nitrogens with zero attached hydrogens (tertiary/aromatic N) is 1. The number of likely N-dealkylation sites (N-methyl/N-ethyl adjacent to an activating group) is 1. The Hall–Kier alpha value is -0.740. The van der Waals surface area contributed by atoms with Gasteiger partial charge in [-0.25, -0.2) is 0 Å². The quantitative estimate of drug-likeness (QED) is 0.843. The van der Waals surface area contributed by atoms with Crippen molar-refractivity contribution in [2.75, 3.05) is 31.2 Å². The number of hydrogen-bond donors (Lipinski definition) is 2. The van der Waals surface area contributed by atoms with Gasteiger partial charge in [0.2, 0.25) is 0 Å². The normalized spacial score (nSPS) is 21.4. The smallest absolute Gasteiger partial charge is 0.0486 e. The van der Waals surface area contributed by atoms with Crippen LogP contribution in [-0.2, 0) is 0 Å². The number of benzene rings is 1. The monoisotopic (exact) mass is 297 g/mol. The van der Waals surface area contributed by atoms with E-state index in [1.54, 1.807) is 0 Å². The van der Waals surface area contributed by atoms with E-state index in [-0.39, 0.29) is 0 Å². The number of nitrogen functional groups attached to an aromatic ring is 1. The molecule has 1 aromatic rings. The van der Waals surface area contributed by atoms with Crippen molar-refractivity contribution in [2.24, 2.45) is 0 Å². The molecular weight excluding hydrogens is 278 g/mol. The number of rotatable bonds is 3. The zero-order chi connectivity index (χ0) is 12.3. The Kier molecular flexibility index (Phi) is 4.29. The predicted octanol–water partition coefficient (Wildman–Crippen LogP) is 2.93. The third kappa shape index (κ3) is 3.36. The molecule has 1 unspecified atom stereocenters. The third-order valence-corrected chi connectivity index (χ3v) is 4.10. The summed E-state index contributed by atoms with van der Waals surface area (Å²) in [5.41, 5.74) is 7.63. The first-order chi connectivity index (χ1) is 8.16. The number of piperidine rings is 1. The van der Waals surface area contributed by atoms with Gasteiger partial charge in [-0.05, 0) is 60.6 Å². The number of halogens is 1. The maximum atomic E-state index is 5.72. The van der Waals surface area contributed by atoms with E-state index < -0.39 is 0 Å². The summed E-state index contributed by atoms with van der Waals surface area (Å²) in [6.07, 6.45) is 3.97. The minimum absolute atomic E-state index is 0.646. The highest BCUT2D eigenvalue weighted by molar-refractivity contribution is 9.10. The molecule has 0 aliphatic carbocycles. The zero-order valence-electron chi connectivity index (χ0n) is 10.2. The van der Waals surface area contributed by atoms with E-state index in [0.717, 1.165) is 22.4 Å². The first kappa shape index (κ1) is 12.7. The maximum Gasteiger partial charge on any atom is 0.0486 e. The van der Waals surface area contributed by atoms with Crippen molar-refractivity contribution in [3.8, 4) is 0 Å². The van der Waals surface area contributed by atoms with Gasteiger partial charge in [-0.2, -0.15) is 0 Å². The van der Waals surface area contributed by atoms with Crippen molar-refractivity contribution in [3.63, 3.8) is 0 Å². The highest BCUT2D eigenvalue weighted by Gasteiger charge is 2.18. The molecule has 0 spiro atoms. The molecule has 2 rings (SSSR count). The van der Waals surface area contributed by atoms with Gasteiger partial charge in [-0.1, -0.05) is 6.42 Å². The lowest BCUT2D eigenvalue weighted by Crippen LogP contribution is -2.40. The molecule has 1 fully saturated rings. The summed E-state index contributed by atoms with van der Waals surface area (Å²) >= 11 is 3.53. The van der Waals surface area contributed by atoms with Gasteiger partial charge in [0.1, 0.15) is 0 Å². The van der Waals surface area contributed by atoms with Crippen LogP contribution in [0.1, 0.15) is 19.3 Å². The largest absolute Gasteiger partial charge is 0.399 e. The van der Waals surface area contributed by atoms with E-state index in [1.165, 1.54) is 25.8 Å². The minimum atomic E-state index is 0.646. The van der Waals surface area contributed by atoms with Crippen molar-refractivity contribution in [1.82, 2.24) is 4.90 Å². The fraction of sp³-hybridized carbons (Fsp3) is 0.538. The van der Waals surface area contributed by atoms with Crippen LogP contribution >= 0.6 is 15.9 Å². The summed E-state index contributed by atoms with van der Waals surface area (Å²) in [4.78, 5) is 2.45. The van der Waals surface area contributed by atoms with Gasteiger partial charge in [-0.15, -0.1) is 0 Å². The van der Waals surface area contributed by atoms with E-state index in [0.29, 0.717) is 6.04 Å². The molecular formula is C13H20BrN3. The summed E-state index contributed by atoms with van der Waals surface area (Å²) < 4.78 is 1.04. The molecule has 1 saturated heterocycles. The Morgan fingerprint density at radius 1 is 1.47 bits per heavy atom. The minimum Gasteiger partial charge on any atom is -0.399 e. The van der Waals surface area contributed by atoms with Gasteiger partial charge in [0.25, 0.3) is 0 Å². The van der Waals surface area contributed by atoms with E-state index in [1.807, 2.05) is 18.2 Å². The van der Waals surface area contributed by atoms with E-state index >= 15 is 0 Å². The summed E-state index contributed by atoms with van der Waals surface area (Å²) in [7, 11) is 2.21. The van der Waals surface area contributed by atoms with Gasteiger partial charge < -0.3 is 16.0 Å². The van der Waals surface area contributed by atoms with Gasteiger partial charge in [-0.3, -0.25) is 0 Å². The Morgan fingerprint density at radius 3 is 3.00 bits per heavy atom. The molecule has 1 aliphatic heterocycles. The van der Waals surface area contributed by atoms with Crippen molar-refractivity contribution in [2.45, 2.75) is 25.3 Å². The molecule has 1 heterocycles. The first-order valence-corrected chi connectivity index (χ1v) is 6.95.